The standard InChI is InChI=1S/C39H43FN2O11S/c1-3-52-39(46)34(44)22-33(43)27-6-4-25(5-7-27)23-51-19-18-50-17-16-49-15-14-42-54(47,48)24-29-20-35-32(21-31(29)26-8-9-26)36(38(45)41-2)37(53-35)28-10-12-30(40)13-11-28/h4-7,10-13,20-22,26,42-43H,3,8-9,14-19,23-24H2,1-2H3,(H,41,45)/b33-22-. The molecule has 4 aromatic rings. The molecule has 0 bridgehead atoms. The number of hydrogen-bond donors (Lipinski definition) is 3. The first-order chi connectivity index (χ1) is 26.0. The monoisotopic (exact) mass is 766 g/mol. The maximum atomic E-state index is 13.6. The van der Waals surface area contributed by atoms with Crippen molar-refractivity contribution < 1.29 is 55.7 Å². The van der Waals surface area contributed by atoms with Crippen LogP contribution in [0, 0.1) is 5.82 Å². The zero-order valence-electron chi connectivity index (χ0n) is 30.0. The number of aliphatic hydroxyl groups is 1. The first kappa shape index (κ1) is 40.3. The van der Waals surface area contributed by atoms with Crippen molar-refractivity contribution in [3.8, 4) is 11.3 Å². The number of halogens is 1. The van der Waals surface area contributed by atoms with Gasteiger partial charge in [0, 0.05) is 36.2 Å². The smallest absolute Gasteiger partial charge is 0.379 e. The van der Waals surface area contributed by atoms with Gasteiger partial charge in [-0.25, -0.2) is 22.3 Å². The van der Waals surface area contributed by atoms with Gasteiger partial charge in [-0.15, -0.1) is 0 Å². The molecule has 1 fully saturated rings. The Labute approximate surface area is 312 Å². The molecule has 5 rings (SSSR count). The van der Waals surface area contributed by atoms with Gasteiger partial charge in [0.25, 0.3) is 11.7 Å². The van der Waals surface area contributed by atoms with Crippen LogP contribution in [-0.4, -0.2) is 84.4 Å². The Morgan fingerprint density at radius 1 is 0.944 bits per heavy atom. The number of aliphatic hydroxyl groups excluding tert-OH is 1. The molecule has 3 aromatic carbocycles. The van der Waals surface area contributed by atoms with Crippen LogP contribution in [0.3, 0.4) is 0 Å². The highest BCUT2D eigenvalue weighted by atomic mass is 32.2. The Balaban J connectivity index is 1.02. The number of carbonyl (C=O) groups is 3. The molecular weight excluding hydrogens is 723 g/mol. The molecule has 0 radical (unpaired) electrons. The van der Waals surface area contributed by atoms with Crippen molar-refractivity contribution in [2.75, 3.05) is 53.2 Å². The van der Waals surface area contributed by atoms with Crippen LogP contribution in [0.25, 0.3) is 28.1 Å². The highest BCUT2D eigenvalue weighted by Crippen LogP contribution is 2.45. The van der Waals surface area contributed by atoms with Crippen LogP contribution >= 0.6 is 0 Å². The number of rotatable bonds is 21. The first-order valence-electron chi connectivity index (χ1n) is 17.5. The van der Waals surface area contributed by atoms with Crippen molar-refractivity contribution in [2.45, 2.75) is 38.0 Å². The fourth-order valence-electron chi connectivity index (χ4n) is 5.65. The summed E-state index contributed by atoms with van der Waals surface area (Å²) in [6.07, 6.45) is 2.64. The Morgan fingerprint density at radius 2 is 1.61 bits per heavy atom. The van der Waals surface area contributed by atoms with Crippen molar-refractivity contribution in [2.24, 2.45) is 0 Å². The number of benzene rings is 3. The Hall–Kier alpha value is -4.93. The molecule has 288 valence electrons. The Kier molecular flexibility index (Phi) is 14.1. The van der Waals surface area contributed by atoms with Crippen LogP contribution in [0.5, 0.6) is 0 Å². The molecule has 0 aliphatic heterocycles. The van der Waals surface area contributed by atoms with E-state index < -0.39 is 27.6 Å². The topological polar surface area (TPSA) is 180 Å². The summed E-state index contributed by atoms with van der Waals surface area (Å²) in [5.74, 6) is -2.93. The fourth-order valence-corrected chi connectivity index (χ4v) is 6.81. The first-order valence-corrected chi connectivity index (χ1v) is 19.1. The van der Waals surface area contributed by atoms with Gasteiger partial charge in [-0.1, -0.05) is 24.3 Å². The van der Waals surface area contributed by atoms with E-state index in [1.54, 1.807) is 37.3 Å². The van der Waals surface area contributed by atoms with Gasteiger partial charge < -0.3 is 33.8 Å². The maximum absolute atomic E-state index is 13.6. The second-order valence-corrected chi connectivity index (χ2v) is 14.3. The molecule has 1 aliphatic carbocycles. The van der Waals surface area contributed by atoms with Crippen molar-refractivity contribution >= 4 is 44.4 Å². The number of fused-ring (bicyclic) bond motifs is 1. The van der Waals surface area contributed by atoms with Crippen LogP contribution in [0.15, 0.2) is 71.2 Å². The molecule has 1 aromatic heterocycles. The van der Waals surface area contributed by atoms with Gasteiger partial charge >= 0.3 is 5.97 Å². The number of esters is 1. The van der Waals surface area contributed by atoms with E-state index in [0.29, 0.717) is 46.4 Å². The summed E-state index contributed by atoms with van der Waals surface area (Å²) in [6.45, 7) is 3.30. The average molecular weight is 767 g/mol. The molecular formula is C39H43FN2O11S. The van der Waals surface area contributed by atoms with Gasteiger partial charge in [0.1, 0.15) is 22.9 Å². The zero-order chi connectivity index (χ0) is 38.7. The van der Waals surface area contributed by atoms with E-state index in [1.807, 2.05) is 6.07 Å². The largest absolute Gasteiger partial charge is 0.507 e. The third kappa shape index (κ3) is 11.1. The number of sulfonamides is 1. The number of ether oxygens (including phenoxy) is 4. The van der Waals surface area contributed by atoms with E-state index in [9.17, 15) is 32.3 Å². The summed E-state index contributed by atoms with van der Waals surface area (Å²) in [5, 5.41) is 13.3. The third-order valence-corrected chi connectivity index (χ3v) is 9.78. The molecule has 0 spiro atoms. The summed E-state index contributed by atoms with van der Waals surface area (Å²) < 4.78 is 69.8. The number of ketones is 1. The van der Waals surface area contributed by atoms with Gasteiger partial charge in [0.05, 0.1) is 57.6 Å². The molecule has 13 nitrogen and oxygen atoms in total. The molecule has 3 N–H and O–H groups in total. The number of amides is 1. The molecule has 1 amide bonds. The van der Waals surface area contributed by atoms with Crippen molar-refractivity contribution in [3.05, 3.63) is 100 Å². The van der Waals surface area contributed by atoms with Crippen LogP contribution in [-0.2, 0) is 50.9 Å². The van der Waals surface area contributed by atoms with Gasteiger partial charge in [-0.2, -0.15) is 0 Å². The fraction of sp³-hybridized carbons (Fsp3) is 0.359. The lowest BCUT2D eigenvalue weighted by Crippen LogP contribution is -2.29. The Bertz CT molecular complexity index is 2070. The van der Waals surface area contributed by atoms with E-state index in [0.717, 1.165) is 30.0 Å². The van der Waals surface area contributed by atoms with Crippen LogP contribution in [0.2, 0.25) is 0 Å². The molecule has 15 heteroatoms. The van der Waals surface area contributed by atoms with Gasteiger partial charge in [-0.05, 0) is 78.8 Å². The predicted octanol–water partition coefficient (Wildman–Crippen LogP) is 5.18. The molecule has 54 heavy (non-hydrogen) atoms. The molecule has 1 aliphatic rings. The van der Waals surface area contributed by atoms with E-state index in [-0.39, 0.29) is 68.7 Å². The van der Waals surface area contributed by atoms with Gasteiger partial charge in [0.15, 0.2) is 0 Å². The minimum Gasteiger partial charge on any atom is -0.507 e. The van der Waals surface area contributed by atoms with E-state index in [2.05, 4.69) is 14.8 Å². The van der Waals surface area contributed by atoms with Crippen LogP contribution < -0.4 is 10.0 Å². The lowest BCUT2D eigenvalue weighted by molar-refractivity contribution is -0.151. The summed E-state index contributed by atoms with van der Waals surface area (Å²) in [7, 11) is -2.23. The summed E-state index contributed by atoms with van der Waals surface area (Å²) in [6, 6.07) is 15.8. The minimum absolute atomic E-state index is 0.0601. The maximum Gasteiger partial charge on any atom is 0.379 e. The molecule has 0 atom stereocenters. The van der Waals surface area contributed by atoms with Gasteiger partial charge in [0.2, 0.25) is 10.0 Å². The van der Waals surface area contributed by atoms with Crippen molar-refractivity contribution in [1.29, 1.82) is 0 Å². The number of carbonyl (C=O) groups excluding carboxylic acids is 3. The lowest BCUT2D eigenvalue weighted by atomic mass is 9.98. The van der Waals surface area contributed by atoms with Crippen molar-refractivity contribution in [3.63, 3.8) is 0 Å². The second-order valence-electron chi connectivity index (χ2n) is 12.5. The average Bonchev–Trinajstić information content (AvgIpc) is 3.94. The molecule has 0 saturated heterocycles. The minimum atomic E-state index is -3.75. The van der Waals surface area contributed by atoms with Gasteiger partial charge in [-0.3, -0.25) is 9.59 Å². The SMILES string of the molecule is CCOC(=O)C(=O)/C=C(\O)c1ccc(COCCOCCOCCNS(=O)(=O)Cc2cc3oc(-c4ccc(F)cc4)c(C(=O)NC)c3cc2C2CC2)cc1. The van der Waals surface area contributed by atoms with Crippen LogP contribution in [0.4, 0.5) is 4.39 Å². The van der Waals surface area contributed by atoms with Crippen LogP contribution in [0.1, 0.15) is 58.3 Å². The number of furan rings is 1. The molecule has 1 heterocycles. The molecule has 0 unspecified atom stereocenters. The molecule has 1 saturated carbocycles. The quantitative estimate of drug-likeness (QED) is 0.0335. The summed E-state index contributed by atoms with van der Waals surface area (Å²) >= 11 is 0. The summed E-state index contributed by atoms with van der Waals surface area (Å²) in [4.78, 5) is 36.1. The highest BCUT2D eigenvalue weighted by Gasteiger charge is 2.31. The Morgan fingerprint density at radius 3 is 2.26 bits per heavy atom. The van der Waals surface area contributed by atoms with E-state index in [4.69, 9.17) is 18.6 Å². The second kappa shape index (κ2) is 18.9. The lowest BCUT2D eigenvalue weighted by Gasteiger charge is -2.12. The highest BCUT2D eigenvalue weighted by molar-refractivity contribution is 7.88. The van der Waals surface area contributed by atoms with E-state index >= 15 is 0 Å². The number of nitrogens with one attached hydrogen (secondary N) is 2. The predicted molar refractivity (Wildman–Crippen MR) is 198 cm³/mol. The zero-order valence-corrected chi connectivity index (χ0v) is 30.8. The number of hydrogen-bond acceptors (Lipinski definition) is 11. The normalized spacial score (nSPS) is 13.3. The summed E-state index contributed by atoms with van der Waals surface area (Å²) in [5.41, 5.74) is 3.83. The third-order valence-electron chi connectivity index (χ3n) is 8.45. The van der Waals surface area contributed by atoms with E-state index in [1.165, 1.54) is 31.3 Å². The van der Waals surface area contributed by atoms with Crippen molar-refractivity contribution in [1.82, 2.24) is 10.0 Å².